The highest BCUT2D eigenvalue weighted by Crippen LogP contribution is 2.28. The Morgan fingerprint density at radius 3 is 2.55 bits per heavy atom. The van der Waals surface area contributed by atoms with Gasteiger partial charge in [0.2, 0.25) is 0 Å². The number of aliphatic hydroxyl groups excluding tert-OH is 1. The number of hydrazine groups is 1. The van der Waals surface area contributed by atoms with Crippen LogP contribution in [0.4, 0.5) is 10.1 Å². The largest absolute Gasteiger partial charge is 0.505 e. The lowest BCUT2D eigenvalue weighted by atomic mass is 10.1. The topological polar surface area (TPSA) is 140 Å². The van der Waals surface area contributed by atoms with E-state index in [9.17, 15) is 24.2 Å². The molecule has 0 radical (unpaired) electrons. The predicted octanol–water partition coefficient (Wildman–Crippen LogP) is 2.07. The van der Waals surface area contributed by atoms with Gasteiger partial charge in [-0.1, -0.05) is 11.6 Å². The molecule has 2 aromatic rings. The van der Waals surface area contributed by atoms with Crippen molar-refractivity contribution in [2.24, 2.45) is 5.84 Å². The molecule has 5 N–H and O–H groups in total. The van der Waals surface area contributed by atoms with Crippen LogP contribution in [0.1, 0.15) is 28.4 Å². The molecule has 2 rings (SSSR count). The molecule has 0 heterocycles. The van der Waals surface area contributed by atoms with E-state index in [1.165, 1.54) is 19.1 Å². The van der Waals surface area contributed by atoms with Crippen molar-refractivity contribution in [3.05, 3.63) is 57.9 Å². The summed E-state index contributed by atoms with van der Waals surface area (Å²) in [6.45, 7) is 2.93. The highest BCUT2D eigenvalue weighted by atomic mass is 35.5. The lowest BCUT2D eigenvalue weighted by Gasteiger charge is -2.26. The number of hydrogen-bond acceptors (Lipinski definition) is 7. The lowest BCUT2D eigenvalue weighted by Crippen LogP contribution is -2.53. The minimum Gasteiger partial charge on any atom is -0.505 e. The third-order valence-corrected chi connectivity index (χ3v) is 4.70. The molecule has 0 saturated heterocycles. The van der Waals surface area contributed by atoms with Gasteiger partial charge >= 0.3 is 0 Å². The summed E-state index contributed by atoms with van der Waals surface area (Å²) in [5.41, 5.74) is 0.833. The molecule has 8 nitrogen and oxygen atoms in total. The van der Waals surface area contributed by atoms with E-state index in [0.29, 0.717) is 11.3 Å². The molecule has 10 heteroatoms. The zero-order chi connectivity index (χ0) is 21.9. The Morgan fingerprint density at radius 2 is 2.00 bits per heavy atom. The Morgan fingerprint density at radius 1 is 1.34 bits per heavy atom. The first-order valence-electron chi connectivity index (χ1n) is 8.33. The average Bonchev–Trinajstić information content (AvgIpc) is 2.69. The van der Waals surface area contributed by atoms with E-state index in [4.69, 9.17) is 22.7 Å². The number of nitriles is 1. The van der Waals surface area contributed by atoms with E-state index in [1.54, 1.807) is 6.92 Å². The van der Waals surface area contributed by atoms with Crippen molar-refractivity contribution in [2.45, 2.75) is 26.0 Å². The zero-order valence-corrected chi connectivity index (χ0v) is 16.2. The second-order valence-electron chi connectivity index (χ2n) is 6.25. The van der Waals surface area contributed by atoms with Crippen LogP contribution in [0.3, 0.4) is 0 Å². The van der Waals surface area contributed by atoms with Crippen molar-refractivity contribution >= 4 is 29.1 Å². The Balaban J connectivity index is 2.29. The molecule has 0 spiro atoms. The Hall–Kier alpha value is -3.19. The molecule has 0 aromatic heterocycles. The number of phenols is 1. The summed E-state index contributed by atoms with van der Waals surface area (Å²) < 4.78 is 13.2. The lowest BCUT2D eigenvalue weighted by molar-refractivity contribution is -0.131. The fourth-order valence-corrected chi connectivity index (χ4v) is 2.73. The van der Waals surface area contributed by atoms with Crippen LogP contribution in [-0.4, -0.2) is 39.2 Å². The van der Waals surface area contributed by atoms with Crippen molar-refractivity contribution in [3.63, 3.8) is 0 Å². The van der Waals surface area contributed by atoms with Gasteiger partial charge in [0.05, 0.1) is 16.7 Å². The monoisotopic (exact) mass is 420 g/mol. The van der Waals surface area contributed by atoms with Crippen LogP contribution in [0, 0.1) is 24.1 Å². The number of hydrogen-bond donors (Lipinski definition) is 4. The number of anilines is 1. The number of rotatable bonds is 5. The molecule has 0 aliphatic heterocycles. The van der Waals surface area contributed by atoms with Crippen molar-refractivity contribution in [1.29, 1.82) is 5.26 Å². The van der Waals surface area contributed by atoms with Crippen LogP contribution >= 0.6 is 11.6 Å². The van der Waals surface area contributed by atoms with Gasteiger partial charge in [0.1, 0.15) is 12.1 Å². The van der Waals surface area contributed by atoms with Crippen LogP contribution < -0.4 is 11.2 Å². The van der Waals surface area contributed by atoms with Crippen LogP contribution in [0.25, 0.3) is 0 Å². The average molecular weight is 421 g/mol. The number of benzene rings is 2. The first-order valence-corrected chi connectivity index (χ1v) is 8.71. The second kappa shape index (κ2) is 8.87. The first-order chi connectivity index (χ1) is 13.6. The number of nitrogens with two attached hydrogens (primary N) is 1. The minimum atomic E-state index is -1.33. The molecule has 2 atom stereocenters. The van der Waals surface area contributed by atoms with Crippen molar-refractivity contribution in [2.75, 3.05) is 5.32 Å². The summed E-state index contributed by atoms with van der Waals surface area (Å²) in [5, 5.41) is 31.7. The maximum Gasteiger partial charge on any atom is 0.275 e. The Kier molecular flexibility index (Phi) is 6.76. The summed E-state index contributed by atoms with van der Waals surface area (Å²) in [6.07, 6.45) is -1.27. The zero-order valence-electron chi connectivity index (χ0n) is 15.5. The number of imide groups is 1. The van der Waals surface area contributed by atoms with E-state index < -0.39 is 35.5 Å². The summed E-state index contributed by atoms with van der Waals surface area (Å²) >= 11 is 6.11. The van der Waals surface area contributed by atoms with E-state index in [2.05, 4.69) is 5.32 Å². The van der Waals surface area contributed by atoms with Gasteiger partial charge in [0, 0.05) is 11.3 Å². The number of nitrogens with zero attached hydrogens (tertiary/aromatic N) is 2. The molecule has 152 valence electrons. The maximum absolute atomic E-state index is 13.2. The van der Waals surface area contributed by atoms with Crippen molar-refractivity contribution in [3.8, 4) is 11.8 Å². The molecule has 2 unspecified atom stereocenters. The number of aromatic hydroxyl groups is 1. The van der Waals surface area contributed by atoms with Gasteiger partial charge in [-0.3, -0.25) is 9.59 Å². The van der Waals surface area contributed by atoms with Crippen LogP contribution in [0.5, 0.6) is 5.75 Å². The number of aliphatic hydroxyl groups is 1. The third kappa shape index (κ3) is 4.63. The van der Waals surface area contributed by atoms with Crippen molar-refractivity contribution < 1.29 is 24.2 Å². The molecule has 2 amide bonds. The smallest absolute Gasteiger partial charge is 0.275 e. The molecule has 0 aliphatic rings. The molecule has 0 saturated carbocycles. The third-order valence-electron chi connectivity index (χ3n) is 4.22. The van der Waals surface area contributed by atoms with Gasteiger partial charge in [-0.15, -0.1) is 0 Å². The SMILES string of the molecule is Cc1c(NC(C(=O)N(N)C(=O)c2ccc(F)c(O)c2)C(C)O)ccc(C#N)c1Cl. The summed E-state index contributed by atoms with van der Waals surface area (Å²) in [7, 11) is 0. The fourth-order valence-electron chi connectivity index (χ4n) is 2.52. The number of phenolic OH excluding ortho intramolecular Hbond substituents is 1. The molecule has 0 fully saturated rings. The van der Waals surface area contributed by atoms with Crippen LogP contribution in [0.15, 0.2) is 30.3 Å². The van der Waals surface area contributed by atoms with E-state index in [-0.39, 0.29) is 21.2 Å². The number of halogens is 2. The normalized spacial score (nSPS) is 12.6. The molecule has 2 aromatic carbocycles. The Labute approximate surface area is 170 Å². The second-order valence-corrected chi connectivity index (χ2v) is 6.63. The molecular weight excluding hydrogens is 403 g/mol. The standard InChI is InChI=1S/C19H18ClFN4O4/c1-9-14(6-4-12(8-22)16(9)20)24-17(10(2)26)19(29)25(23)18(28)11-3-5-13(21)15(27)7-11/h3-7,10,17,24,26-27H,23H2,1-2H3. The summed E-state index contributed by atoms with van der Waals surface area (Å²) in [4.78, 5) is 25.1. The summed E-state index contributed by atoms with van der Waals surface area (Å²) in [6, 6.07) is 6.28. The highest BCUT2D eigenvalue weighted by molar-refractivity contribution is 6.32. The molecular formula is C19H18ClFN4O4. The molecule has 0 aliphatic carbocycles. The number of nitrogens with one attached hydrogen (secondary N) is 1. The van der Waals surface area contributed by atoms with E-state index >= 15 is 0 Å². The van der Waals surface area contributed by atoms with E-state index in [1.807, 2.05) is 6.07 Å². The van der Waals surface area contributed by atoms with Gasteiger partial charge in [-0.25, -0.2) is 15.2 Å². The van der Waals surface area contributed by atoms with Crippen molar-refractivity contribution in [1.82, 2.24) is 5.01 Å². The predicted molar refractivity (Wildman–Crippen MR) is 103 cm³/mol. The number of carbonyl (C=O) groups is 2. The Bertz CT molecular complexity index is 1010. The maximum atomic E-state index is 13.2. The first kappa shape index (κ1) is 22.1. The fraction of sp³-hybridized carbons (Fsp3) is 0.211. The quantitative estimate of drug-likeness (QED) is 0.329. The summed E-state index contributed by atoms with van der Waals surface area (Å²) in [5.74, 6) is 1.93. The van der Waals surface area contributed by atoms with Crippen LogP contribution in [0.2, 0.25) is 5.02 Å². The minimum absolute atomic E-state index is 0.178. The van der Waals surface area contributed by atoms with E-state index in [0.717, 1.165) is 18.2 Å². The molecule has 0 bridgehead atoms. The number of amides is 2. The van der Waals surface area contributed by atoms with Gasteiger partial charge < -0.3 is 15.5 Å². The van der Waals surface area contributed by atoms with Crippen LogP contribution in [-0.2, 0) is 4.79 Å². The van der Waals surface area contributed by atoms with Gasteiger partial charge in [0.25, 0.3) is 11.8 Å². The number of carbonyl (C=O) groups excluding carboxylic acids is 2. The molecule has 29 heavy (non-hydrogen) atoms. The van der Waals surface area contributed by atoms with Gasteiger partial charge in [0.15, 0.2) is 11.6 Å². The van der Waals surface area contributed by atoms with Gasteiger partial charge in [-0.2, -0.15) is 5.26 Å². The highest BCUT2D eigenvalue weighted by Gasteiger charge is 2.31. The van der Waals surface area contributed by atoms with Gasteiger partial charge in [-0.05, 0) is 49.7 Å².